The SMILES string of the molecule is S=c1cnc2[nH]ncc2[nH]1. The third-order valence-corrected chi connectivity index (χ3v) is 1.40. The van der Waals surface area contributed by atoms with E-state index < -0.39 is 0 Å². The van der Waals surface area contributed by atoms with Gasteiger partial charge in [0.2, 0.25) is 0 Å². The van der Waals surface area contributed by atoms with Crippen molar-refractivity contribution >= 4 is 23.4 Å². The molecule has 50 valence electrons. The normalized spacial score (nSPS) is 10.4. The van der Waals surface area contributed by atoms with Crippen molar-refractivity contribution in [2.24, 2.45) is 0 Å². The molecule has 2 rings (SSSR count). The minimum atomic E-state index is 0.619. The second kappa shape index (κ2) is 1.88. The van der Waals surface area contributed by atoms with Crippen LogP contribution in [0, 0.1) is 4.64 Å². The first kappa shape index (κ1) is 5.55. The van der Waals surface area contributed by atoms with Gasteiger partial charge in [-0.1, -0.05) is 12.2 Å². The molecule has 5 heteroatoms. The highest BCUT2D eigenvalue weighted by Gasteiger charge is 1.92. The van der Waals surface area contributed by atoms with E-state index in [4.69, 9.17) is 12.2 Å². The maximum Gasteiger partial charge on any atom is 0.172 e. The molecule has 2 N–H and O–H groups in total. The highest BCUT2D eigenvalue weighted by molar-refractivity contribution is 7.71. The molecule has 2 heterocycles. The van der Waals surface area contributed by atoms with Crippen molar-refractivity contribution in [2.75, 3.05) is 0 Å². The van der Waals surface area contributed by atoms with Gasteiger partial charge in [-0.2, -0.15) is 5.10 Å². The number of aromatic amines is 2. The average Bonchev–Trinajstić information content (AvgIpc) is 2.33. The predicted molar refractivity (Wildman–Crippen MR) is 39.1 cm³/mol. The molecule has 0 aliphatic rings. The number of nitrogens with zero attached hydrogens (tertiary/aromatic N) is 2. The number of fused-ring (bicyclic) bond motifs is 1. The van der Waals surface area contributed by atoms with E-state index in [-0.39, 0.29) is 0 Å². The van der Waals surface area contributed by atoms with Gasteiger partial charge >= 0.3 is 0 Å². The Labute approximate surface area is 61.3 Å². The molecular weight excluding hydrogens is 148 g/mol. The maximum atomic E-state index is 4.85. The number of nitrogens with one attached hydrogen (secondary N) is 2. The molecule has 4 nitrogen and oxygen atoms in total. The molecule has 0 aliphatic heterocycles. The van der Waals surface area contributed by atoms with Gasteiger partial charge in [0.05, 0.1) is 12.4 Å². The first-order valence-corrected chi connectivity index (χ1v) is 3.15. The predicted octanol–water partition coefficient (Wildman–Crippen LogP) is 1.02. The summed E-state index contributed by atoms with van der Waals surface area (Å²) in [4.78, 5) is 6.92. The molecule has 2 aromatic rings. The van der Waals surface area contributed by atoms with Crippen LogP contribution in [0.4, 0.5) is 0 Å². The molecule has 0 atom stereocenters. The molecule has 0 fully saturated rings. The van der Waals surface area contributed by atoms with Gasteiger partial charge in [0.1, 0.15) is 10.2 Å². The van der Waals surface area contributed by atoms with Gasteiger partial charge in [0.25, 0.3) is 0 Å². The topological polar surface area (TPSA) is 57.4 Å². The van der Waals surface area contributed by atoms with Gasteiger partial charge in [-0.25, -0.2) is 4.98 Å². The molecule has 0 bridgehead atoms. The lowest BCUT2D eigenvalue weighted by atomic mass is 10.6. The van der Waals surface area contributed by atoms with E-state index in [9.17, 15) is 0 Å². The summed E-state index contributed by atoms with van der Waals surface area (Å²) in [5, 5.41) is 6.49. The van der Waals surface area contributed by atoms with Crippen LogP contribution >= 0.6 is 12.2 Å². The van der Waals surface area contributed by atoms with Crippen LogP contribution in [0.3, 0.4) is 0 Å². The molecule has 0 aromatic carbocycles. The van der Waals surface area contributed by atoms with E-state index in [1.807, 2.05) is 0 Å². The highest BCUT2D eigenvalue weighted by Crippen LogP contribution is 2.00. The Balaban J connectivity index is 2.99. The van der Waals surface area contributed by atoms with Crippen LogP contribution in [0.1, 0.15) is 0 Å². The molecule has 2 aromatic heterocycles. The fourth-order valence-electron chi connectivity index (χ4n) is 0.757. The van der Waals surface area contributed by atoms with Crippen molar-refractivity contribution in [1.82, 2.24) is 20.2 Å². The lowest BCUT2D eigenvalue weighted by molar-refractivity contribution is 1.10. The highest BCUT2D eigenvalue weighted by atomic mass is 32.1. The Hall–Kier alpha value is -1.23. The molecule has 0 radical (unpaired) electrons. The molecule has 0 saturated carbocycles. The smallest absolute Gasteiger partial charge is 0.172 e. The summed E-state index contributed by atoms with van der Waals surface area (Å²) in [7, 11) is 0. The van der Waals surface area contributed by atoms with Crippen LogP contribution in [0.5, 0.6) is 0 Å². The molecule has 0 amide bonds. The largest absolute Gasteiger partial charge is 0.341 e. The lowest BCUT2D eigenvalue weighted by Gasteiger charge is -1.84. The fourth-order valence-corrected chi connectivity index (χ4v) is 0.920. The standard InChI is InChI=1S/C5H4N4S/c10-4-2-6-5-3(8-4)1-7-9-5/h1-2H,(H,8,10)(H,6,7,9). The van der Waals surface area contributed by atoms with E-state index in [1.54, 1.807) is 12.4 Å². The third-order valence-electron chi connectivity index (χ3n) is 1.19. The van der Waals surface area contributed by atoms with Crippen molar-refractivity contribution in [3.8, 4) is 0 Å². The van der Waals surface area contributed by atoms with Gasteiger partial charge in [0.15, 0.2) is 5.65 Å². The zero-order chi connectivity index (χ0) is 6.97. The van der Waals surface area contributed by atoms with Crippen LogP contribution < -0.4 is 0 Å². The lowest BCUT2D eigenvalue weighted by Crippen LogP contribution is -1.79. The fraction of sp³-hybridized carbons (Fsp3) is 0. The monoisotopic (exact) mass is 152 g/mol. The second-order valence-electron chi connectivity index (χ2n) is 1.88. The summed E-state index contributed by atoms with van der Waals surface area (Å²) in [5.41, 5.74) is 1.57. The zero-order valence-electron chi connectivity index (χ0n) is 4.96. The first-order valence-electron chi connectivity index (χ1n) is 2.75. The van der Waals surface area contributed by atoms with E-state index in [1.165, 1.54) is 0 Å². The quantitative estimate of drug-likeness (QED) is 0.554. The Bertz CT molecular complexity index is 401. The summed E-state index contributed by atoms with van der Waals surface area (Å²) >= 11 is 4.85. The van der Waals surface area contributed by atoms with E-state index in [0.29, 0.717) is 4.64 Å². The maximum absolute atomic E-state index is 4.85. The van der Waals surface area contributed by atoms with Crippen LogP contribution in [-0.4, -0.2) is 20.2 Å². The van der Waals surface area contributed by atoms with Crippen molar-refractivity contribution in [3.05, 3.63) is 17.0 Å². The Kier molecular flexibility index (Phi) is 1.04. The number of H-pyrrole nitrogens is 2. The van der Waals surface area contributed by atoms with Crippen molar-refractivity contribution in [1.29, 1.82) is 0 Å². The Morgan fingerprint density at radius 3 is 3.20 bits per heavy atom. The summed E-state index contributed by atoms with van der Waals surface area (Å²) in [6.07, 6.45) is 3.23. The van der Waals surface area contributed by atoms with Crippen molar-refractivity contribution in [2.45, 2.75) is 0 Å². The van der Waals surface area contributed by atoms with E-state index in [2.05, 4.69) is 20.2 Å². The summed E-state index contributed by atoms with van der Waals surface area (Å²) in [6, 6.07) is 0. The minimum absolute atomic E-state index is 0.619. The molecule has 0 spiro atoms. The summed E-state index contributed by atoms with van der Waals surface area (Å²) < 4.78 is 0.619. The van der Waals surface area contributed by atoms with Crippen molar-refractivity contribution < 1.29 is 0 Å². The molecule has 10 heavy (non-hydrogen) atoms. The van der Waals surface area contributed by atoms with Gasteiger partial charge in [-0.05, 0) is 0 Å². The molecular formula is C5H4N4S. The second-order valence-corrected chi connectivity index (χ2v) is 2.32. The van der Waals surface area contributed by atoms with Crippen LogP contribution in [0.2, 0.25) is 0 Å². The van der Waals surface area contributed by atoms with Crippen LogP contribution in [-0.2, 0) is 0 Å². The van der Waals surface area contributed by atoms with E-state index in [0.717, 1.165) is 11.2 Å². The van der Waals surface area contributed by atoms with Crippen LogP contribution in [0.15, 0.2) is 12.4 Å². The van der Waals surface area contributed by atoms with Crippen LogP contribution in [0.25, 0.3) is 11.2 Å². The average molecular weight is 152 g/mol. The molecule has 0 aliphatic carbocycles. The zero-order valence-corrected chi connectivity index (χ0v) is 5.77. The van der Waals surface area contributed by atoms with Crippen molar-refractivity contribution in [3.63, 3.8) is 0 Å². The molecule has 0 saturated heterocycles. The number of hydrogen-bond donors (Lipinski definition) is 2. The summed E-state index contributed by atoms with van der Waals surface area (Å²) in [6.45, 7) is 0. The number of hydrogen-bond acceptors (Lipinski definition) is 3. The van der Waals surface area contributed by atoms with Gasteiger partial charge in [-0.15, -0.1) is 0 Å². The Morgan fingerprint density at radius 1 is 1.40 bits per heavy atom. The summed E-state index contributed by atoms with van der Waals surface area (Å²) in [5.74, 6) is 0. The van der Waals surface area contributed by atoms with Gasteiger partial charge in [0, 0.05) is 0 Å². The third kappa shape index (κ3) is 0.714. The number of rotatable bonds is 0. The number of aromatic nitrogens is 4. The minimum Gasteiger partial charge on any atom is -0.341 e. The van der Waals surface area contributed by atoms with E-state index >= 15 is 0 Å². The molecule has 0 unspecified atom stereocenters. The van der Waals surface area contributed by atoms with Gasteiger partial charge < -0.3 is 4.98 Å². The van der Waals surface area contributed by atoms with Gasteiger partial charge in [-0.3, -0.25) is 5.10 Å². The Morgan fingerprint density at radius 2 is 2.30 bits per heavy atom. The first-order chi connectivity index (χ1) is 4.86.